The molecule has 0 radical (unpaired) electrons. The lowest BCUT2D eigenvalue weighted by Crippen LogP contribution is -2.33. The molecular formula is C40H80O. The number of rotatable bonds is 35. The number of aldehydes is 1. The van der Waals surface area contributed by atoms with Gasteiger partial charge in [-0.1, -0.05) is 214 Å². The Morgan fingerprint density at radius 2 is 0.610 bits per heavy atom. The molecule has 0 heterocycles. The molecule has 0 aliphatic carbocycles. The first-order valence-corrected chi connectivity index (χ1v) is 19.7. The molecule has 0 fully saturated rings. The van der Waals surface area contributed by atoms with Crippen LogP contribution in [0.1, 0.15) is 240 Å². The normalized spacial score (nSPS) is 13.9. The first-order valence-electron chi connectivity index (χ1n) is 19.7. The minimum Gasteiger partial charge on any atom is -0.303 e. The fraction of sp³-hybridized carbons (Fsp3) is 0.975. The van der Waals surface area contributed by atoms with E-state index >= 15 is 0 Å². The molecule has 0 saturated carbocycles. The van der Waals surface area contributed by atoms with Crippen molar-refractivity contribution in [2.45, 2.75) is 240 Å². The highest BCUT2D eigenvalue weighted by molar-refractivity contribution is 5.60. The molecule has 246 valence electrons. The summed E-state index contributed by atoms with van der Waals surface area (Å²) >= 11 is 0. The van der Waals surface area contributed by atoms with Crippen LogP contribution >= 0.6 is 0 Å². The molecule has 41 heavy (non-hydrogen) atoms. The van der Waals surface area contributed by atoms with Gasteiger partial charge in [0.1, 0.15) is 6.29 Å². The van der Waals surface area contributed by atoms with Crippen molar-refractivity contribution in [3.8, 4) is 0 Å². The van der Waals surface area contributed by atoms with E-state index in [1.807, 2.05) is 0 Å². The summed E-state index contributed by atoms with van der Waals surface area (Å²) in [5.41, 5.74) is -0.0451. The highest BCUT2D eigenvalue weighted by Crippen LogP contribution is 2.43. The molecule has 2 unspecified atom stereocenters. The number of unbranched alkanes of at least 4 members (excludes halogenated alkanes) is 25. The average molecular weight is 577 g/mol. The van der Waals surface area contributed by atoms with E-state index in [4.69, 9.17) is 0 Å². The third-order valence-corrected chi connectivity index (χ3v) is 10.1. The van der Waals surface area contributed by atoms with Crippen molar-refractivity contribution in [2.75, 3.05) is 0 Å². The van der Waals surface area contributed by atoms with Crippen molar-refractivity contribution < 1.29 is 4.79 Å². The minimum absolute atomic E-state index is 0.0451. The van der Waals surface area contributed by atoms with E-state index in [1.54, 1.807) is 0 Å². The molecule has 0 spiro atoms. The SMILES string of the molecule is CCCCCCCCCCCCC(C=O)(CCCCCCCC)C(CCCCCCCC)CCCCCCCCC. The summed E-state index contributed by atoms with van der Waals surface area (Å²) in [6, 6.07) is 0. The van der Waals surface area contributed by atoms with Gasteiger partial charge in [0, 0.05) is 5.41 Å². The Balaban J connectivity index is 5.05. The van der Waals surface area contributed by atoms with Crippen LogP contribution < -0.4 is 0 Å². The monoisotopic (exact) mass is 577 g/mol. The molecular weight excluding hydrogens is 496 g/mol. The van der Waals surface area contributed by atoms with E-state index in [2.05, 4.69) is 27.7 Å². The third kappa shape index (κ3) is 24.8. The molecule has 0 saturated heterocycles. The van der Waals surface area contributed by atoms with Crippen LogP contribution in [0.2, 0.25) is 0 Å². The smallest absolute Gasteiger partial charge is 0.126 e. The van der Waals surface area contributed by atoms with Crippen molar-refractivity contribution in [2.24, 2.45) is 11.3 Å². The molecule has 0 aliphatic heterocycles. The average Bonchev–Trinajstić information content (AvgIpc) is 2.99. The van der Waals surface area contributed by atoms with Gasteiger partial charge >= 0.3 is 0 Å². The van der Waals surface area contributed by atoms with E-state index < -0.39 is 0 Å². The van der Waals surface area contributed by atoms with E-state index in [-0.39, 0.29) is 5.41 Å². The second-order valence-corrected chi connectivity index (χ2v) is 14.0. The molecule has 0 aromatic carbocycles. The molecule has 0 rings (SSSR count). The lowest BCUT2D eigenvalue weighted by atomic mass is 9.66. The highest BCUT2D eigenvalue weighted by atomic mass is 16.1. The standard InChI is InChI=1S/C40H80O/c1-5-9-13-17-21-22-23-25-29-33-37-40(38-41,36-32-28-20-16-12-8-4)39(34-30-26-19-15-11-7-3)35-31-27-24-18-14-10-6-2/h38-39H,5-37H2,1-4H3. The summed E-state index contributed by atoms with van der Waals surface area (Å²) < 4.78 is 0. The van der Waals surface area contributed by atoms with Gasteiger partial charge in [0.15, 0.2) is 0 Å². The van der Waals surface area contributed by atoms with Crippen LogP contribution in [0.25, 0.3) is 0 Å². The van der Waals surface area contributed by atoms with Gasteiger partial charge < -0.3 is 4.79 Å². The van der Waals surface area contributed by atoms with Gasteiger partial charge in [0.05, 0.1) is 0 Å². The Bertz CT molecular complexity index is 499. The van der Waals surface area contributed by atoms with Gasteiger partial charge in [-0.2, -0.15) is 0 Å². The van der Waals surface area contributed by atoms with Crippen LogP contribution in [-0.2, 0) is 4.79 Å². The second-order valence-electron chi connectivity index (χ2n) is 14.0. The highest BCUT2D eigenvalue weighted by Gasteiger charge is 2.36. The molecule has 0 N–H and O–H groups in total. The lowest BCUT2D eigenvalue weighted by Gasteiger charge is -2.37. The predicted octanol–water partition coefficient (Wildman–Crippen LogP) is 14.7. The maximum absolute atomic E-state index is 13.1. The Labute approximate surface area is 261 Å². The summed E-state index contributed by atoms with van der Waals surface area (Å²) in [5.74, 6) is 0.621. The fourth-order valence-electron chi connectivity index (χ4n) is 7.16. The van der Waals surface area contributed by atoms with Crippen LogP contribution in [0.5, 0.6) is 0 Å². The Hall–Kier alpha value is -0.330. The van der Waals surface area contributed by atoms with Gasteiger partial charge in [-0.25, -0.2) is 0 Å². The lowest BCUT2D eigenvalue weighted by molar-refractivity contribution is -0.121. The van der Waals surface area contributed by atoms with E-state index in [0.29, 0.717) is 5.92 Å². The fourth-order valence-corrected chi connectivity index (χ4v) is 7.16. The Morgan fingerprint density at radius 1 is 0.366 bits per heavy atom. The second kappa shape index (κ2) is 32.6. The van der Waals surface area contributed by atoms with Crippen molar-refractivity contribution in [3.63, 3.8) is 0 Å². The van der Waals surface area contributed by atoms with Crippen LogP contribution in [0.4, 0.5) is 0 Å². The zero-order chi connectivity index (χ0) is 30.1. The minimum atomic E-state index is -0.0451. The maximum atomic E-state index is 13.1. The van der Waals surface area contributed by atoms with Gasteiger partial charge in [-0.15, -0.1) is 0 Å². The van der Waals surface area contributed by atoms with Crippen molar-refractivity contribution >= 4 is 6.29 Å². The number of hydrogen-bond acceptors (Lipinski definition) is 1. The molecule has 0 aromatic rings. The number of carbonyl (C=O) groups is 1. The number of carbonyl (C=O) groups excluding carboxylic acids is 1. The zero-order valence-corrected chi connectivity index (χ0v) is 29.4. The van der Waals surface area contributed by atoms with Gasteiger partial charge in [-0.3, -0.25) is 0 Å². The molecule has 0 aromatic heterocycles. The summed E-state index contributed by atoms with van der Waals surface area (Å²) in [5, 5.41) is 0. The molecule has 1 heteroatoms. The summed E-state index contributed by atoms with van der Waals surface area (Å²) in [4.78, 5) is 13.1. The van der Waals surface area contributed by atoms with Gasteiger partial charge in [-0.05, 0) is 31.6 Å². The van der Waals surface area contributed by atoms with Crippen molar-refractivity contribution in [3.05, 3.63) is 0 Å². The van der Waals surface area contributed by atoms with Crippen molar-refractivity contribution in [1.29, 1.82) is 0 Å². The van der Waals surface area contributed by atoms with E-state index in [1.165, 1.54) is 212 Å². The summed E-state index contributed by atoms with van der Waals surface area (Å²) in [6.45, 7) is 9.23. The third-order valence-electron chi connectivity index (χ3n) is 10.1. The predicted molar refractivity (Wildman–Crippen MR) is 187 cm³/mol. The molecule has 0 bridgehead atoms. The Morgan fingerprint density at radius 3 is 0.878 bits per heavy atom. The van der Waals surface area contributed by atoms with Crippen LogP contribution in [0.3, 0.4) is 0 Å². The first-order chi connectivity index (χ1) is 20.2. The van der Waals surface area contributed by atoms with Crippen LogP contribution in [-0.4, -0.2) is 6.29 Å². The first kappa shape index (κ1) is 40.7. The summed E-state index contributed by atoms with van der Waals surface area (Å²) in [7, 11) is 0. The summed E-state index contributed by atoms with van der Waals surface area (Å²) in [6.07, 6.45) is 46.2. The zero-order valence-electron chi connectivity index (χ0n) is 29.4. The van der Waals surface area contributed by atoms with E-state index in [0.717, 1.165) is 6.42 Å². The largest absolute Gasteiger partial charge is 0.303 e. The molecule has 2 atom stereocenters. The van der Waals surface area contributed by atoms with Crippen LogP contribution in [0.15, 0.2) is 0 Å². The topological polar surface area (TPSA) is 17.1 Å². The van der Waals surface area contributed by atoms with E-state index in [9.17, 15) is 4.79 Å². The Kier molecular flexibility index (Phi) is 32.3. The maximum Gasteiger partial charge on any atom is 0.126 e. The molecule has 1 nitrogen and oxygen atoms in total. The van der Waals surface area contributed by atoms with Gasteiger partial charge in [0.25, 0.3) is 0 Å². The molecule has 0 aliphatic rings. The number of hydrogen-bond donors (Lipinski definition) is 0. The molecule has 0 amide bonds. The van der Waals surface area contributed by atoms with Gasteiger partial charge in [0.2, 0.25) is 0 Å². The quantitative estimate of drug-likeness (QED) is 0.0541. The van der Waals surface area contributed by atoms with Crippen LogP contribution in [0, 0.1) is 11.3 Å². The van der Waals surface area contributed by atoms with Crippen molar-refractivity contribution in [1.82, 2.24) is 0 Å².